The van der Waals surface area contributed by atoms with Gasteiger partial charge in [-0.3, -0.25) is 0 Å². The van der Waals surface area contributed by atoms with Crippen LogP contribution in [0.15, 0.2) is 158 Å². The third-order valence-corrected chi connectivity index (χ3v) is 10.0. The molecule has 0 fully saturated rings. The fraction of sp³-hybridized carbons (Fsp3) is 0.0667. The van der Waals surface area contributed by atoms with Gasteiger partial charge >= 0.3 is 0 Å². The zero-order valence-electron chi connectivity index (χ0n) is 26.0. The minimum Gasteiger partial charge on any atom is -0.372 e. The Balaban J connectivity index is 1.09. The van der Waals surface area contributed by atoms with E-state index in [-0.39, 0.29) is 5.41 Å². The molecule has 1 N–H and O–H groups in total. The van der Waals surface area contributed by atoms with Crippen LogP contribution in [0, 0.1) is 0 Å². The average Bonchev–Trinajstić information content (AvgIpc) is 3.60. The van der Waals surface area contributed by atoms with E-state index < -0.39 is 0 Å². The highest BCUT2D eigenvalue weighted by Crippen LogP contribution is 2.63. The quantitative estimate of drug-likeness (QED) is 0.196. The number of ether oxygens (including phenoxy) is 1. The van der Waals surface area contributed by atoms with Gasteiger partial charge in [0.05, 0.1) is 18.6 Å². The Morgan fingerprint density at radius 2 is 1.11 bits per heavy atom. The number of benzene rings is 7. The summed E-state index contributed by atoms with van der Waals surface area (Å²) in [5.74, 6) is 0. The van der Waals surface area contributed by atoms with Gasteiger partial charge in [0.1, 0.15) is 0 Å². The molecule has 224 valence electrons. The minimum atomic E-state index is -0.355. The summed E-state index contributed by atoms with van der Waals surface area (Å²) < 4.78 is 6.19. The van der Waals surface area contributed by atoms with E-state index in [0.29, 0.717) is 13.2 Å². The van der Waals surface area contributed by atoms with Crippen molar-refractivity contribution in [3.63, 3.8) is 0 Å². The average molecular weight is 604 g/mol. The maximum atomic E-state index is 6.19. The van der Waals surface area contributed by atoms with E-state index in [1.807, 2.05) is 6.08 Å². The van der Waals surface area contributed by atoms with Crippen LogP contribution < -0.4 is 5.32 Å². The molecular formula is C45H33NO. The summed E-state index contributed by atoms with van der Waals surface area (Å²) in [6, 6.07) is 55.1. The summed E-state index contributed by atoms with van der Waals surface area (Å²) in [5, 5.41) is 6.21. The van der Waals surface area contributed by atoms with Gasteiger partial charge in [-0.1, -0.05) is 146 Å². The lowest BCUT2D eigenvalue weighted by Gasteiger charge is -2.30. The van der Waals surface area contributed by atoms with Gasteiger partial charge in [0, 0.05) is 16.8 Å². The first-order valence-corrected chi connectivity index (χ1v) is 16.3. The number of hydrogen-bond acceptors (Lipinski definition) is 2. The maximum absolute atomic E-state index is 6.19. The second kappa shape index (κ2) is 11.0. The Morgan fingerprint density at radius 1 is 0.532 bits per heavy atom. The lowest BCUT2D eigenvalue weighted by molar-refractivity contribution is 0.108. The molecule has 0 amide bonds. The van der Waals surface area contributed by atoms with Crippen molar-refractivity contribution in [2.75, 3.05) is 5.32 Å². The smallest absolute Gasteiger partial charge is 0.0727 e. The van der Waals surface area contributed by atoms with Gasteiger partial charge in [-0.05, 0) is 84.8 Å². The molecule has 0 aromatic heterocycles. The molecule has 0 unspecified atom stereocenters. The molecule has 2 aliphatic rings. The number of nitrogens with one attached hydrogen (secondary N) is 1. The van der Waals surface area contributed by atoms with Gasteiger partial charge in [0.15, 0.2) is 0 Å². The van der Waals surface area contributed by atoms with E-state index in [9.17, 15) is 0 Å². The molecule has 0 aliphatic heterocycles. The highest BCUT2D eigenvalue weighted by molar-refractivity contribution is 5.99. The molecule has 1 spiro atoms. The van der Waals surface area contributed by atoms with E-state index >= 15 is 0 Å². The standard InChI is InChI=1S/C45H33NO/c1-2-30-19-21-31(22-20-30)28-47-29-32-23-26-44(39-15-4-3-11-34(32)39)46-33-24-25-38-37-14-7-10-18-42(37)45(43(38)27-33)40-16-8-5-12-35(40)36-13-6-9-17-41(36)45/h2-27,46H,1,28-29H2. The first-order chi connectivity index (χ1) is 23.3. The van der Waals surface area contributed by atoms with Crippen molar-refractivity contribution in [2.24, 2.45) is 0 Å². The van der Waals surface area contributed by atoms with Gasteiger partial charge in [0.2, 0.25) is 0 Å². The Labute approximate surface area is 275 Å². The number of fused-ring (bicyclic) bond motifs is 11. The van der Waals surface area contributed by atoms with Crippen molar-refractivity contribution < 1.29 is 4.74 Å². The normalized spacial score (nSPS) is 13.2. The Morgan fingerprint density at radius 3 is 1.74 bits per heavy atom. The van der Waals surface area contributed by atoms with Crippen LogP contribution >= 0.6 is 0 Å². The summed E-state index contributed by atoms with van der Waals surface area (Å²) in [7, 11) is 0. The Kier molecular flexibility index (Phi) is 6.45. The molecule has 47 heavy (non-hydrogen) atoms. The summed E-state index contributed by atoms with van der Waals surface area (Å²) in [6.07, 6.45) is 1.86. The third kappa shape index (κ3) is 4.22. The number of rotatable bonds is 7. The van der Waals surface area contributed by atoms with Crippen molar-refractivity contribution in [3.8, 4) is 22.3 Å². The molecular weight excluding hydrogens is 571 g/mol. The van der Waals surface area contributed by atoms with Crippen molar-refractivity contribution in [1.29, 1.82) is 0 Å². The largest absolute Gasteiger partial charge is 0.372 e. The summed E-state index contributed by atoms with van der Waals surface area (Å²) in [5.41, 5.74) is 15.9. The van der Waals surface area contributed by atoms with Gasteiger partial charge in [-0.25, -0.2) is 0 Å². The molecule has 0 bridgehead atoms. The van der Waals surface area contributed by atoms with E-state index in [2.05, 4.69) is 164 Å². The first kappa shape index (κ1) is 27.6. The molecule has 0 atom stereocenters. The van der Waals surface area contributed by atoms with E-state index in [4.69, 9.17) is 4.74 Å². The first-order valence-electron chi connectivity index (χ1n) is 16.3. The number of hydrogen-bond donors (Lipinski definition) is 1. The van der Waals surface area contributed by atoms with E-state index in [1.54, 1.807) is 0 Å². The zero-order chi connectivity index (χ0) is 31.4. The summed E-state index contributed by atoms with van der Waals surface area (Å²) >= 11 is 0. The lowest BCUT2D eigenvalue weighted by atomic mass is 9.70. The van der Waals surface area contributed by atoms with E-state index in [1.165, 1.54) is 60.8 Å². The predicted molar refractivity (Wildman–Crippen MR) is 195 cm³/mol. The van der Waals surface area contributed by atoms with Crippen molar-refractivity contribution >= 4 is 28.2 Å². The molecule has 9 rings (SSSR count). The maximum Gasteiger partial charge on any atom is 0.0727 e. The van der Waals surface area contributed by atoms with Crippen molar-refractivity contribution in [1.82, 2.24) is 0 Å². The van der Waals surface area contributed by atoms with Crippen LogP contribution in [0.5, 0.6) is 0 Å². The SMILES string of the molecule is C=Cc1ccc(COCc2ccc(Nc3ccc4c(c3)C3(c5ccccc5-c5ccccc53)c3ccccc3-4)c3ccccc23)cc1. The minimum absolute atomic E-state index is 0.355. The second-order valence-electron chi connectivity index (χ2n) is 12.5. The molecule has 2 heteroatoms. The van der Waals surface area contributed by atoms with Gasteiger partial charge < -0.3 is 10.1 Å². The second-order valence-corrected chi connectivity index (χ2v) is 12.5. The molecule has 0 saturated heterocycles. The van der Waals surface area contributed by atoms with Gasteiger partial charge in [-0.2, -0.15) is 0 Å². The molecule has 2 nitrogen and oxygen atoms in total. The zero-order valence-corrected chi connectivity index (χ0v) is 26.0. The van der Waals surface area contributed by atoms with Gasteiger partial charge in [-0.15, -0.1) is 0 Å². The third-order valence-electron chi connectivity index (χ3n) is 10.0. The lowest BCUT2D eigenvalue weighted by Crippen LogP contribution is -2.25. The number of anilines is 2. The Bertz CT molecular complexity index is 2270. The van der Waals surface area contributed by atoms with Crippen molar-refractivity contribution in [3.05, 3.63) is 197 Å². The fourth-order valence-corrected chi connectivity index (χ4v) is 7.95. The van der Waals surface area contributed by atoms with E-state index in [0.717, 1.165) is 22.5 Å². The van der Waals surface area contributed by atoms with Crippen LogP contribution in [0.1, 0.15) is 38.9 Å². The molecule has 7 aromatic rings. The topological polar surface area (TPSA) is 21.3 Å². The molecule has 7 aromatic carbocycles. The fourth-order valence-electron chi connectivity index (χ4n) is 7.95. The summed E-state index contributed by atoms with van der Waals surface area (Å²) in [4.78, 5) is 0. The highest BCUT2D eigenvalue weighted by Gasteiger charge is 2.51. The monoisotopic (exact) mass is 603 g/mol. The molecule has 2 aliphatic carbocycles. The van der Waals surface area contributed by atoms with Crippen molar-refractivity contribution in [2.45, 2.75) is 18.6 Å². The Hall–Kier alpha value is -5.70. The van der Waals surface area contributed by atoms with Crippen LogP contribution in [-0.2, 0) is 23.4 Å². The van der Waals surface area contributed by atoms with Crippen LogP contribution in [-0.4, -0.2) is 0 Å². The molecule has 0 heterocycles. The highest BCUT2D eigenvalue weighted by atomic mass is 16.5. The van der Waals surface area contributed by atoms with Crippen LogP contribution in [0.2, 0.25) is 0 Å². The molecule has 0 radical (unpaired) electrons. The molecule has 0 saturated carbocycles. The van der Waals surface area contributed by atoms with Crippen LogP contribution in [0.3, 0.4) is 0 Å². The predicted octanol–water partition coefficient (Wildman–Crippen LogP) is 11.3. The van der Waals surface area contributed by atoms with Crippen LogP contribution in [0.4, 0.5) is 11.4 Å². The van der Waals surface area contributed by atoms with Gasteiger partial charge in [0.25, 0.3) is 0 Å². The van der Waals surface area contributed by atoms with Crippen LogP contribution in [0.25, 0.3) is 39.1 Å². The summed E-state index contributed by atoms with van der Waals surface area (Å²) in [6.45, 7) is 4.96.